The van der Waals surface area contributed by atoms with E-state index in [1.54, 1.807) is 0 Å². The predicted molar refractivity (Wildman–Crippen MR) is 55.3 cm³/mol. The molecule has 1 heterocycles. The molecular formula is C8H5ClFN5O2. The van der Waals surface area contributed by atoms with Crippen molar-refractivity contribution in [1.29, 1.82) is 0 Å². The Balaban J connectivity index is 2.48. The van der Waals surface area contributed by atoms with E-state index < -0.39 is 16.4 Å². The van der Waals surface area contributed by atoms with Gasteiger partial charge in [0.1, 0.15) is 0 Å². The Morgan fingerprint density at radius 3 is 2.88 bits per heavy atom. The number of nitro benzene ring substituents is 1. The highest BCUT2D eigenvalue weighted by Gasteiger charge is 2.16. The average molecular weight is 258 g/mol. The summed E-state index contributed by atoms with van der Waals surface area (Å²) in [6.45, 7) is 0. The van der Waals surface area contributed by atoms with Crippen molar-refractivity contribution in [2.24, 2.45) is 0 Å². The van der Waals surface area contributed by atoms with Gasteiger partial charge >= 0.3 is 5.69 Å². The zero-order chi connectivity index (χ0) is 12.4. The molecule has 1 aromatic carbocycles. The van der Waals surface area contributed by atoms with Gasteiger partial charge in [0, 0.05) is 12.1 Å². The standard InChI is InChI=1S/C8H5ClFN5O2/c9-4-8-11-12-13-14(8)5-1-2-7(15(16)17)6(10)3-5/h1-3H,4H2. The second-order valence-corrected chi connectivity index (χ2v) is 3.30. The Labute approximate surface area is 99.0 Å². The van der Waals surface area contributed by atoms with E-state index in [9.17, 15) is 14.5 Å². The van der Waals surface area contributed by atoms with Crippen LogP contribution in [-0.2, 0) is 5.88 Å². The molecule has 88 valence electrons. The minimum atomic E-state index is -0.955. The maximum atomic E-state index is 13.4. The van der Waals surface area contributed by atoms with Gasteiger partial charge in [-0.2, -0.15) is 9.07 Å². The molecule has 0 aliphatic heterocycles. The zero-order valence-corrected chi connectivity index (χ0v) is 9.00. The summed E-state index contributed by atoms with van der Waals surface area (Å²) < 4.78 is 14.6. The van der Waals surface area contributed by atoms with Crippen LogP contribution in [0.4, 0.5) is 10.1 Å². The van der Waals surface area contributed by atoms with Crippen molar-refractivity contribution >= 4 is 17.3 Å². The third-order valence-electron chi connectivity index (χ3n) is 2.03. The van der Waals surface area contributed by atoms with Crippen LogP contribution in [0.1, 0.15) is 5.82 Å². The van der Waals surface area contributed by atoms with Crippen molar-refractivity contribution in [2.75, 3.05) is 0 Å². The van der Waals surface area contributed by atoms with Crippen LogP contribution < -0.4 is 0 Å². The molecule has 0 atom stereocenters. The molecule has 0 spiro atoms. The monoisotopic (exact) mass is 257 g/mol. The molecule has 0 N–H and O–H groups in total. The smallest absolute Gasteiger partial charge is 0.258 e. The highest BCUT2D eigenvalue weighted by molar-refractivity contribution is 6.16. The Morgan fingerprint density at radius 2 is 2.29 bits per heavy atom. The number of hydrogen-bond donors (Lipinski definition) is 0. The number of tetrazole rings is 1. The van der Waals surface area contributed by atoms with E-state index >= 15 is 0 Å². The van der Waals surface area contributed by atoms with Gasteiger partial charge in [-0.25, -0.2) is 0 Å². The van der Waals surface area contributed by atoms with Crippen molar-refractivity contribution in [3.05, 3.63) is 40.0 Å². The number of benzene rings is 1. The van der Waals surface area contributed by atoms with E-state index in [-0.39, 0.29) is 11.6 Å². The van der Waals surface area contributed by atoms with Crippen LogP contribution in [0, 0.1) is 15.9 Å². The molecule has 0 amide bonds. The fourth-order valence-electron chi connectivity index (χ4n) is 1.27. The molecule has 0 bridgehead atoms. The van der Waals surface area contributed by atoms with Gasteiger partial charge in [-0.3, -0.25) is 10.1 Å². The molecule has 0 aliphatic carbocycles. The highest BCUT2D eigenvalue weighted by Crippen LogP contribution is 2.20. The molecule has 9 heteroatoms. The summed E-state index contributed by atoms with van der Waals surface area (Å²) in [7, 11) is 0. The summed E-state index contributed by atoms with van der Waals surface area (Å²) in [6.07, 6.45) is 0. The first-order chi connectivity index (χ1) is 8.13. The Bertz CT molecular complexity index is 573. The topological polar surface area (TPSA) is 86.7 Å². The Morgan fingerprint density at radius 1 is 1.53 bits per heavy atom. The first kappa shape index (κ1) is 11.4. The SMILES string of the molecule is O=[N+]([O-])c1ccc(-n2nnnc2CCl)cc1F. The highest BCUT2D eigenvalue weighted by atomic mass is 35.5. The summed E-state index contributed by atoms with van der Waals surface area (Å²) >= 11 is 5.58. The van der Waals surface area contributed by atoms with Gasteiger partial charge in [-0.05, 0) is 16.5 Å². The zero-order valence-electron chi connectivity index (χ0n) is 8.25. The van der Waals surface area contributed by atoms with Crippen LogP contribution >= 0.6 is 11.6 Å². The molecule has 0 radical (unpaired) electrons. The molecule has 2 aromatic rings. The number of rotatable bonds is 3. The fourth-order valence-corrected chi connectivity index (χ4v) is 1.43. The van der Waals surface area contributed by atoms with Gasteiger partial charge in [0.05, 0.1) is 16.5 Å². The maximum absolute atomic E-state index is 13.4. The van der Waals surface area contributed by atoms with Crippen molar-refractivity contribution in [3.63, 3.8) is 0 Å². The molecule has 0 aliphatic rings. The van der Waals surface area contributed by atoms with E-state index in [0.717, 1.165) is 12.1 Å². The Kier molecular flexibility index (Phi) is 2.96. The summed E-state index contributed by atoms with van der Waals surface area (Å²) in [5.41, 5.74) is -0.331. The number of aromatic nitrogens is 4. The largest absolute Gasteiger partial charge is 0.304 e. The van der Waals surface area contributed by atoms with Gasteiger partial charge in [-0.15, -0.1) is 16.7 Å². The summed E-state index contributed by atoms with van der Waals surface area (Å²) in [4.78, 5) is 9.64. The normalized spacial score (nSPS) is 10.5. The lowest BCUT2D eigenvalue weighted by atomic mass is 10.2. The van der Waals surface area contributed by atoms with E-state index in [4.69, 9.17) is 11.6 Å². The van der Waals surface area contributed by atoms with Gasteiger partial charge < -0.3 is 0 Å². The van der Waals surface area contributed by atoms with Gasteiger partial charge in [0.25, 0.3) is 0 Å². The molecule has 2 rings (SSSR count). The lowest BCUT2D eigenvalue weighted by Crippen LogP contribution is -2.03. The maximum Gasteiger partial charge on any atom is 0.304 e. The van der Waals surface area contributed by atoms with E-state index in [1.807, 2.05) is 0 Å². The molecule has 0 fully saturated rings. The third kappa shape index (κ3) is 2.07. The van der Waals surface area contributed by atoms with Crippen molar-refractivity contribution in [3.8, 4) is 5.69 Å². The minimum Gasteiger partial charge on any atom is -0.258 e. The first-order valence-electron chi connectivity index (χ1n) is 4.41. The van der Waals surface area contributed by atoms with Crippen LogP contribution in [0.5, 0.6) is 0 Å². The number of halogens is 2. The van der Waals surface area contributed by atoms with Crippen LogP contribution in [0.25, 0.3) is 5.69 Å². The lowest BCUT2D eigenvalue weighted by Gasteiger charge is -2.02. The third-order valence-corrected chi connectivity index (χ3v) is 2.27. The lowest BCUT2D eigenvalue weighted by molar-refractivity contribution is -0.387. The second-order valence-electron chi connectivity index (χ2n) is 3.03. The molecular weight excluding hydrogens is 253 g/mol. The minimum absolute atomic E-state index is 0.0472. The van der Waals surface area contributed by atoms with Crippen LogP contribution in [0.3, 0.4) is 0 Å². The summed E-state index contributed by atoms with van der Waals surface area (Å²) in [6, 6.07) is 3.36. The van der Waals surface area contributed by atoms with Crippen LogP contribution in [0.2, 0.25) is 0 Å². The van der Waals surface area contributed by atoms with E-state index in [0.29, 0.717) is 5.82 Å². The van der Waals surface area contributed by atoms with E-state index in [1.165, 1.54) is 10.7 Å². The first-order valence-corrected chi connectivity index (χ1v) is 4.94. The molecule has 17 heavy (non-hydrogen) atoms. The molecule has 0 unspecified atom stereocenters. The van der Waals surface area contributed by atoms with Crippen molar-refractivity contribution < 1.29 is 9.31 Å². The quantitative estimate of drug-likeness (QED) is 0.472. The van der Waals surface area contributed by atoms with Crippen molar-refractivity contribution in [1.82, 2.24) is 20.2 Å². The van der Waals surface area contributed by atoms with Crippen LogP contribution in [-0.4, -0.2) is 25.1 Å². The Hall–Kier alpha value is -2.09. The second kappa shape index (κ2) is 4.42. The van der Waals surface area contributed by atoms with Gasteiger partial charge in [-0.1, -0.05) is 0 Å². The summed E-state index contributed by atoms with van der Waals surface area (Å²) in [5, 5.41) is 21.0. The molecule has 7 nitrogen and oxygen atoms in total. The number of nitro groups is 1. The van der Waals surface area contributed by atoms with Crippen LogP contribution in [0.15, 0.2) is 18.2 Å². The predicted octanol–water partition coefficient (Wildman–Crippen LogP) is 1.45. The van der Waals surface area contributed by atoms with Crippen molar-refractivity contribution in [2.45, 2.75) is 5.88 Å². The average Bonchev–Trinajstić information content (AvgIpc) is 2.76. The van der Waals surface area contributed by atoms with E-state index in [2.05, 4.69) is 15.5 Å². The molecule has 0 saturated heterocycles. The molecule has 1 aromatic heterocycles. The number of hydrogen-bond acceptors (Lipinski definition) is 5. The molecule has 0 saturated carbocycles. The summed E-state index contributed by atoms with van der Waals surface area (Å²) in [5.74, 6) is -0.588. The van der Waals surface area contributed by atoms with Gasteiger partial charge in [0.15, 0.2) is 5.82 Å². The van der Waals surface area contributed by atoms with Gasteiger partial charge in [0.2, 0.25) is 5.82 Å². The number of nitrogens with zero attached hydrogens (tertiary/aromatic N) is 5. The fraction of sp³-hybridized carbons (Fsp3) is 0.125. The number of alkyl halides is 1.